The van der Waals surface area contributed by atoms with E-state index < -0.39 is 0 Å². The van der Waals surface area contributed by atoms with Gasteiger partial charge in [-0.05, 0) is 73.4 Å². The minimum Gasteiger partial charge on any atom is -0.353 e. The van der Waals surface area contributed by atoms with Crippen molar-refractivity contribution in [1.29, 1.82) is 0 Å². The third-order valence-corrected chi connectivity index (χ3v) is 6.65. The van der Waals surface area contributed by atoms with Gasteiger partial charge in [-0.3, -0.25) is 4.79 Å². The summed E-state index contributed by atoms with van der Waals surface area (Å²) in [6.07, 6.45) is 1.79. The molecule has 0 spiro atoms. The maximum atomic E-state index is 12.6. The van der Waals surface area contributed by atoms with Crippen molar-refractivity contribution in [3.8, 4) is 11.4 Å². The van der Waals surface area contributed by atoms with Crippen molar-refractivity contribution >= 4 is 56.6 Å². The molecular weight excluding hydrogens is 465 g/mol. The number of aryl methyl sites for hydroxylation is 2. The first-order chi connectivity index (χ1) is 16.5. The molecule has 4 nitrogen and oxygen atoms in total. The summed E-state index contributed by atoms with van der Waals surface area (Å²) in [6, 6.07) is 23.6. The van der Waals surface area contributed by atoms with Crippen LogP contribution in [0.15, 0.2) is 72.8 Å². The summed E-state index contributed by atoms with van der Waals surface area (Å²) in [4.78, 5) is 21.0. The summed E-state index contributed by atoms with van der Waals surface area (Å²) >= 11 is 12.5. The number of carbonyl (C=O) groups is 1. The van der Waals surface area contributed by atoms with E-state index in [0.717, 1.165) is 44.3 Å². The van der Waals surface area contributed by atoms with E-state index in [2.05, 4.69) is 22.4 Å². The van der Waals surface area contributed by atoms with Crippen LogP contribution in [0.4, 0.5) is 5.69 Å². The fourth-order valence-electron chi connectivity index (χ4n) is 4.22. The molecule has 0 aliphatic heterocycles. The minimum absolute atomic E-state index is 0.0387. The molecular formula is C28H23Cl2N3O. The van der Waals surface area contributed by atoms with E-state index >= 15 is 0 Å². The van der Waals surface area contributed by atoms with Crippen LogP contribution >= 0.6 is 23.2 Å². The Morgan fingerprint density at radius 2 is 1.85 bits per heavy atom. The molecule has 2 heterocycles. The average molecular weight is 488 g/mol. The zero-order valence-corrected chi connectivity index (χ0v) is 20.2. The lowest BCUT2D eigenvalue weighted by Gasteiger charge is -2.08. The van der Waals surface area contributed by atoms with Crippen LogP contribution in [-0.2, 0) is 11.2 Å². The molecule has 0 atom stereocenters. The number of nitrogens with zero attached hydrogens (tertiary/aromatic N) is 1. The second kappa shape index (κ2) is 9.49. The molecule has 5 aromatic rings. The van der Waals surface area contributed by atoms with E-state index in [0.29, 0.717) is 35.0 Å². The fraction of sp³-hybridized carbons (Fsp3) is 0.143. The smallest absolute Gasteiger partial charge is 0.224 e. The number of aromatic nitrogens is 2. The quantitative estimate of drug-likeness (QED) is 0.255. The zero-order valence-electron chi connectivity index (χ0n) is 18.7. The molecule has 5 rings (SSSR count). The Hall–Kier alpha value is -3.34. The molecule has 3 aromatic carbocycles. The lowest BCUT2D eigenvalue weighted by Crippen LogP contribution is -2.11. The lowest BCUT2D eigenvalue weighted by atomic mass is 10.0. The standard InChI is InChI=1S/C28H23Cl2N3O/c1-17-9-12-20(16-23(17)30)31-27(34)8-4-6-21-22-15-19(29)11-14-25(22)33-28(21)26-13-10-18-5-2-3-7-24(18)32-26/h2-3,5,7,9-16,33H,4,6,8H2,1H3,(H,31,34). The molecule has 0 unspecified atom stereocenters. The number of amides is 1. The van der Waals surface area contributed by atoms with Gasteiger partial charge in [-0.15, -0.1) is 0 Å². The Balaban J connectivity index is 1.39. The summed E-state index contributed by atoms with van der Waals surface area (Å²) in [5, 5.41) is 6.41. The monoisotopic (exact) mass is 487 g/mol. The molecule has 170 valence electrons. The summed E-state index contributed by atoms with van der Waals surface area (Å²) in [6.45, 7) is 1.93. The lowest BCUT2D eigenvalue weighted by molar-refractivity contribution is -0.116. The molecule has 2 N–H and O–H groups in total. The van der Waals surface area contributed by atoms with Gasteiger partial charge in [0.1, 0.15) is 0 Å². The number of H-pyrrole nitrogens is 1. The number of hydrogen-bond donors (Lipinski definition) is 2. The van der Waals surface area contributed by atoms with Crippen LogP contribution < -0.4 is 5.32 Å². The van der Waals surface area contributed by atoms with Gasteiger partial charge in [0.25, 0.3) is 0 Å². The van der Waals surface area contributed by atoms with Crippen LogP contribution in [0.2, 0.25) is 10.0 Å². The molecule has 0 aliphatic carbocycles. The number of halogens is 2. The van der Waals surface area contributed by atoms with Gasteiger partial charge < -0.3 is 10.3 Å². The zero-order chi connectivity index (χ0) is 23.7. The van der Waals surface area contributed by atoms with Gasteiger partial charge in [-0.2, -0.15) is 0 Å². The van der Waals surface area contributed by atoms with E-state index in [1.54, 1.807) is 6.07 Å². The first-order valence-electron chi connectivity index (χ1n) is 11.2. The Bertz CT molecular complexity index is 1520. The predicted octanol–water partition coefficient (Wildman–Crippen LogP) is 7.96. The van der Waals surface area contributed by atoms with Gasteiger partial charge in [0.2, 0.25) is 5.91 Å². The highest BCUT2D eigenvalue weighted by molar-refractivity contribution is 6.31. The van der Waals surface area contributed by atoms with Gasteiger partial charge >= 0.3 is 0 Å². The molecule has 1 amide bonds. The van der Waals surface area contributed by atoms with Crippen molar-refractivity contribution in [3.05, 3.63) is 94.0 Å². The summed E-state index contributed by atoms with van der Waals surface area (Å²) in [7, 11) is 0. The number of pyridine rings is 1. The Morgan fingerprint density at radius 1 is 1.00 bits per heavy atom. The van der Waals surface area contributed by atoms with E-state index in [4.69, 9.17) is 28.2 Å². The van der Waals surface area contributed by atoms with Gasteiger partial charge in [-0.1, -0.05) is 53.5 Å². The van der Waals surface area contributed by atoms with Gasteiger partial charge in [-0.25, -0.2) is 4.98 Å². The van der Waals surface area contributed by atoms with Gasteiger partial charge in [0.15, 0.2) is 0 Å². The third-order valence-electron chi connectivity index (χ3n) is 6.01. The number of benzene rings is 3. The maximum absolute atomic E-state index is 12.6. The number of hydrogen-bond acceptors (Lipinski definition) is 2. The first-order valence-corrected chi connectivity index (χ1v) is 12.0. The number of carbonyl (C=O) groups excluding carboxylic acids is 1. The van der Waals surface area contributed by atoms with Gasteiger partial charge in [0.05, 0.1) is 16.9 Å². The van der Waals surface area contributed by atoms with E-state index in [1.165, 1.54) is 0 Å². The molecule has 0 saturated heterocycles. The van der Waals surface area contributed by atoms with Crippen molar-refractivity contribution in [2.45, 2.75) is 26.2 Å². The molecule has 34 heavy (non-hydrogen) atoms. The van der Waals surface area contributed by atoms with Crippen LogP contribution in [0.3, 0.4) is 0 Å². The van der Waals surface area contributed by atoms with E-state index in [-0.39, 0.29) is 5.91 Å². The number of aromatic amines is 1. The summed E-state index contributed by atoms with van der Waals surface area (Å²) in [5.41, 5.74) is 6.59. The SMILES string of the molecule is Cc1ccc(NC(=O)CCCc2c(-c3ccc4ccccc4n3)[nH]c3ccc(Cl)cc23)cc1Cl. The molecule has 0 fully saturated rings. The maximum Gasteiger partial charge on any atom is 0.224 e. The van der Waals surface area contributed by atoms with Crippen LogP contribution in [0.1, 0.15) is 24.0 Å². The first kappa shape index (κ1) is 22.5. The highest BCUT2D eigenvalue weighted by atomic mass is 35.5. The van der Waals surface area contributed by atoms with E-state index in [1.807, 2.05) is 61.5 Å². The van der Waals surface area contributed by atoms with Gasteiger partial charge in [0, 0.05) is 38.4 Å². The van der Waals surface area contributed by atoms with Crippen molar-refractivity contribution < 1.29 is 4.79 Å². The van der Waals surface area contributed by atoms with Crippen molar-refractivity contribution in [2.75, 3.05) is 5.32 Å². The number of fused-ring (bicyclic) bond motifs is 2. The molecule has 0 aliphatic rings. The number of nitrogens with one attached hydrogen (secondary N) is 2. The second-order valence-electron chi connectivity index (χ2n) is 8.42. The molecule has 0 bridgehead atoms. The normalized spacial score (nSPS) is 11.3. The number of anilines is 1. The minimum atomic E-state index is -0.0387. The van der Waals surface area contributed by atoms with Crippen LogP contribution in [0.25, 0.3) is 33.2 Å². The number of para-hydroxylation sites is 1. The molecule has 6 heteroatoms. The van der Waals surface area contributed by atoms with Crippen molar-refractivity contribution in [2.24, 2.45) is 0 Å². The highest BCUT2D eigenvalue weighted by Crippen LogP contribution is 2.33. The molecule has 0 saturated carbocycles. The van der Waals surface area contributed by atoms with Crippen LogP contribution in [0.5, 0.6) is 0 Å². The fourth-order valence-corrected chi connectivity index (χ4v) is 4.58. The topological polar surface area (TPSA) is 57.8 Å². The van der Waals surface area contributed by atoms with Crippen LogP contribution in [0, 0.1) is 6.92 Å². The number of rotatable bonds is 6. The predicted molar refractivity (Wildman–Crippen MR) is 142 cm³/mol. The van der Waals surface area contributed by atoms with Crippen molar-refractivity contribution in [3.63, 3.8) is 0 Å². The molecule has 0 radical (unpaired) electrons. The molecule has 2 aromatic heterocycles. The largest absolute Gasteiger partial charge is 0.353 e. The van der Waals surface area contributed by atoms with E-state index in [9.17, 15) is 4.79 Å². The second-order valence-corrected chi connectivity index (χ2v) is 9.27. The average Bonchev–Trinajstić information content (AvgIpc) is 3.19. The Labute approximate surface area is 207 Å². The highest BCUT2D eigenvalue weighted by Gasteiger charge is 2.16. The Morgan fingerprint density at radius 3 is 2.71 bits per heavy atom. The summed E-state index contributed by atoms with van der Waals surface area (Å²) < 4.78 is 0. The Kier molecular flexibility index (Phi) is 6.27. The van der Waals surface area contributed by atoms with Crippen molar-refractivity contribution in [1.82, 2.24) is 9.97 Å². The third kappa shape index (κ3) is 4.65. The summed E-state index contributed by atoms with van der Waals surface area (Å²) in [5.74, 6) is -0.0387. The van der Waals surface area contributed by atoms with Crippen LogP contribution in [-0.4, -0.2) is 15.9 Å².